The number of hydrogen-bond donors (Lipinski definition) is 0. The molecule has 0 spiro atoms. The van der Waals surface area contributed by atoms with Crippen LogP contribution in [0.1, 0.15) is 28.8 Å². The number of rotatable bonds is 10. The van der Waals surface area contributed by atoms with E-state index in [9.17, 15) is 4.79 Å². The first kappa shape index (κ1) is 23.6. The van der Waals surface area contributed by atoms with Crippen LogP contribution in [0.2, 0.25) is 0 Å². The van der Waals surface area contributed by atoms with E-state index in [0.29, 0.717) is 36.0 Å². The van der Waals surface area contributed by atoms with E-state index in [2.05, 4.69) is 11.8 Å². The fourth-order valence-electron chi connectivity index (χ4n) is 3.40. The van der Waals surface area contributed by atoms with Gasteiger partial charge in [-0.05, 0) is 55.7 Å². The summed E-state index contributed by atoms with van der Waals surface area (Å²) in [5.74, 6) is 1.16. The van der Waals surface area contributed by atoms with E-state index in [1.54, 1.807) is 36.3 Å². The summed E-state index contributed by atoms with van der Waals surface area (Å²) in [6.45, 7) is 7.94. The van der Waals surface area contributed by atoms with Crippen LogP contribution in [-0.4, -0.2) is 59.4 Å². The highest BCUT2D eigenvalue weighted by Gasteiger charge is 2.18. The topological polar surface area (TPSA) is 78.8 Å². The minimum atomic E-state index is -0.478. The molecule has 172 valence electrons. The van der Waals surface area contributed by atoms with Gasteiger partial charge in [-0.25, -0.2) is 4.79 Å². The van der Waals surface area contributed by atoms with E-state index in [1.807, 2.05) is 19.1 Å². The van der Waals surface area contributed by atoms with Crippen LogP contribution in [-0.2, 0) is 14.2 Å². The molecule has 8 heteroatoms. The summed E-state index contributed by atoms with van der Waals surface area (Å²) in [6, 6.07) is 10.7. The van der Waals surface area contributed by atoms with Gasteiger partial charge in [-0.15, -0.1) is 0 Å². The lowest BCUT2D eigenvalue weighted by Crippen LogP contribution is -2.25. The molecule has 0 amide bonds. The Hall–Kier alpha value is -3.10. The van der Waals surface area contributed by atoms with Crippen molar-refractivity contribution in [2.24, 2.45) is 5.10 Å². The molecule has 32 heavy (non-hydrogen) atoms. The smallest absolute Gasteiger partial charge is 0.341 e. The van der Waals surface area contributed by atoms with Crippen molar-refractivity contribution in [1.29, 1.82) is 0 Å². The molecule has 0 atom stereocenters. The first-order valence-electron chi connectivity index (χ1n) is 10.5. The van der Waals surface area contributed by atoms with Crippen molar-refractivity contribution in [3.8, 4) is 17.2 Å². The van der Waals surface area contributed by atoms with Crippen molar-refractivity contribution >= 4 is 18.4 Å². The zero-order valence-electron chi connectivity index (χ0n) is 18.8. The molecule has 2 aromatic carbocycles. The monoisotopic (exact) mass is 442 g/mol. The minimum absolute atomic E-state index is 0.252. The Morgan fingerprint density at radius 2 is 1.84 bits per heavy atom. The van der Waals surface area contributed by atoms with Crippen LogP contribution in [0.4, 0.5) is 5.69 Å². The van der Waals surface area contributed by atoms with E-state index in [4.69, 9.17) is 23.7 Å². The summed E-state index contributed by atoms with van der Waals surface area (Å²) in [7, 11) is 3.11. The van der Waals surface area contributed by atoms with Gasteiger partial charge in [0.25, 0.3) is 0 Å². The number of methoxy groups -OCH3 is 1. The standard InChI is InChI=1S/C24H30N2O6/c1-17-15-21(24(27)28-4)23(16-22(17)26(3)25-2)32-20-7-5-18(6-8-20)30-13-14-31-19-9-11-29-12-10-19/h5-8,15-16,19H,2,9-14H2,1,3-4H3. The molecule has 0 saturated carbocycles. The number of aryl methyl sites for hydroxylation is 1. The third kappa shape index (κ3) is 6.21. The molecule has 0 aromatic heterocycles. The van der Waals surface area contributed by atoms with Crippen LogP contribution in [0.3, 0.4) is 0 Å². The average molecular weight is 443 g/mol. The van der Waals surface area contributed by atoms with Gasteiger partial charge in [0.2, 0.25) is 0 Å². The number of benzene rings is 2. The van der Waals surface area contributed by atoms with Gasteiger partial charge in [-0.2, -0.15) is 5.10 Å². The van der Waals surface area contributed by atoms with Crippen molar-refractivity contribution in [3.63, 3.8) is 0 Å². The van der Waals surface area contributed by atoms with Crippen molar-refractivity contribution in [3.05, 3.63) is 47.5 Å². The molecule has 1 aliphatic rings. The number of carbonyl (C=O) groups excluding carboxylic acids is 1. The zero-order chi connectivity index (χ0) is 22.9. The van der Waals surface area contributed by atoms with E-state index >= 15 is 0 Å². The Morgan fingerprint density at radius 1 is 1.16 bits per heavy atom. The molecule has 0 N–H and O–H groups in total. The van der Waals surface area contributed by atoms with Crippen molar-refractivity contribution < 1.29 is 28.5 Å². The third-order valence-corrected chi connectivity index (χ3v) is 5.19. The number of esters is 1. The number of hydrogen-bond acceptors (Lipinski definition) is 8. The lowest BCUT2D eigenvalue weighted by molar-refractivity contribution is -0.0388. The first-order valence-corrected chi connectivity index (χ1v) is 10.5. The van der Waals surface area contributed by atoms with Gasteiger partial charge in [0.1, 0.15) is 29.4 Å². The average Bonchev–Trinajstić information content (AvgIpc) is 2.83. The number of ether oxygens (including phenoxy) is 5. The molecule has 1 aliphatic heterocycles. The maximum atomic E-state index is 12.3. The zero-order valence-corrected chi connectivity index (χ0v) is 18.8. The fraction of sp³-hybridized carbons (Fsp3) is 0.417. The molecular formula is C24H30N2O6. The highest BCUT2D eigenvalue weighted by atomic mass is 16.5. The highest BCUT2D eigenvalue weighted by Crippen LogP contribution is 2.33. The lowest BCUT2D eigenvalue weighted by atomic mass is 10.1. The van der Waals surface area contributed by atoms with Gasteiger partial charge >= 0.3 is 5.97 Å². The van der Waals surface area contributed by atoms with Crippen LogP contribution >= 0.6 is 0 Å². The number of hydrazone groups is 1. The Kier molecular flexibility index (Phi) is 8.47. The van der Waals surface area contributed by atoms with Gasteiger partial charge in [0.15, 0.2) is 0 Å². The van der Waals surface area contributed by atoms with Crippen molar-refractivity contribution in [2.75, 3.05) is 45.6 Å². The third-order valence-electron chi connectivity index (χ3n) is 5.19. The molecule has 1 fully saturated rings. The van der Waals surface area contributed by atoms with Gasteiger partial charge < -0.3 is 23.7 Å². The second-order valence-corrected chi connectivity index (χ2v) is 7.40. The van der Waals surface area contributed by atoms with Crippen molar-refractivity contribution in [1.82, 2.24) is 0 Å². The van der Waals surface area contributed by atoms with E-state index < -0.39 is 5.97 Å². The van der Waals surface area contributed by atoms with Crippen molar-refractivity contribution in [2.45, 2.75) is 25.9 Å². The molecule has 0 radical (unpaired) electrons. The normalized spacial score (nSPS) is 14.0. The Morgan fingerprint density at radius 3 is 2.50 bits per heavy atom. The van der Waals surface area contributed by atoms with E-state index in [-0.39, 0.29) is 6.10 Å². The van der Waals surface area contributed by atoms with Crippen LogP contribution in [0.5, 0.6) is 17.2 Å². The van der Waals surface area contributed by atoms with Crippen LogP contribution < -0.4 is 14.5 Å². The second kappa shape index (κ2) is 11.5. The summed E-state index contributed by atoms with van der Waals surface area (Å²) >= 11 is 0. The SMILES string of the molecule is C=NN(C)c1cc(Oc2ccc(OCCOC3CCOCC3)cc2)c(C(=O)OC)cc1C. The molecule has 2 aromatic rings. The van der Waals surface area contributed by atoms with Crippen LogP contribution in [0.25, 0.3) is 0 Å². The summed E-state index contributed by atoms with van der Waals surface area (Å²) in [5.41, 5.74) is 1.95. The summed E-state index contributed by atoms with van der Waals surface area (Å²) in [6.07, 6.45) is 2.11. The van der Waals surface area contributed by atoms with Crippen LogP contribution in [0.15, 0.2) is 41.5 Å². The molecule has 0 aliphatic carbocycles. The van der Waals surface area contributed by atoms with Crippen LogP contribution in [0, 0.1) is 6.92 Å². The Bertz CT molecular complexity index is 909. The lowest BCUT2D eigenvalue weighted by Gasteiger charge is -2.22. The predicted molar refractivity (Wildman–Crippen MR) is 122 cm³/mol. The quantitative estimate of drug-likeness (QED) is 0.236. The summed E-state index contributed by atoms with van der Waals surface area (Å²) < 4.78 is 27.8. The number of nitrogens with zero attached hydrogens (tertiary/aromatic N) is 2. The first-order chi connectivity index (χ1) is 15.5. The number of carbonyl (C=O) groups is 1. The van der Waals surface area contributed by atoms with Gasteiger partial charge in [-0.1, -0.05) is 0 Å². The molecule has 1 heterocycles. The highest BCUT2D eigenvalue weighted by molar-refractivity contribution is 5.93. The minimum Gasteiger partial charge on any atom is -0.491 e. The van der Waals surface area contributed by atoms with E-state index in [0.717, 1.165) is 37.3 Å². The molecule has 1 saturated heterocycles. The van der Waals surface area contributed by atoms with Gasteiger partial charge in [-0.3, -0.25) is 5.01 Å². The Labute approximate surface area is 188 Å². The maximum Gasteiger partial charge on any atom is 0.341 e. The molecular weight excluding hydrogens is 412 g/mol. The fourth-order valence-corrected chi connectivity index (χ4v) is 3.40. The predicted octanol–water partition coefficient (Wildman–Crippen LogP) is 4.20. The largest absolute Gasteiger partial charge is 0.491 e. The van der Waals surface area contributed by atoms with Gasteiger partial charge in [0, 0.05) is 33.0 Å². The molecule has 0 bridgehead atoms. The maximum absolute atomic E-state index is 12.3. The summed E-state index contributed by atoms with van der Waals surface area (Å²) in [4.78, 5) is 12.3. The molecule has 3 rings (SSSR count). The Balaban J connectivity index is 1.63. The van der Waals surface area contributed by atoms with Gasteiger partial charge in [0.05, 0.1) is 25.5 Å². The molecule has 8 nitrogen and oxygen atoms in total. The van der Waals surface area contributed by atoms with E-state index in [1.165, 1.54) is 7.11 Å². The second-order valence-electron chi connectivity index (χ2n) is 7.40. The molecule has 0 unspecified atom stereocenters. The number of anilines is 1. The summed E-state index contributed by atoms with van der Waals surface area (Å²) in [5, 5.41) is 5.53.